The SMILES string of the molecule is O=C(c1ccc(S(=O)(=O)O)cn1)c1cc2ccccc2c(/N=N/c2ccccc2)c1O. The van der Waals surface area contributed by atoms with Crippen LogP contribution in [-0.4, -0.2) is 28.8 Å². The van der Waals surface area contributed by atoms with Gasteiger partial charge in [-0.05, 0) is 35.7 Å². The molecular formula is C22H15N3O5S. The monoisotopic (exact) mass is 433 g/mol. The molecule has 0 atom stereocenters. The van der Waals surface area contributed by atoms with E-state index in [0.29, 0.717) is 16.5 Å². The predicted octanol–water partition coefficient (Wildman–Crippen LogP) is 4.83. The predicted molar refractivity (Wildman–Crippen MR) is 114 cm³/mol. The molecule has 0 saturated heterocycles. The van der Waals surface area contributed by atoms with Gasteiger partial charge < -0.3 is 5.11 Å². The van der Waals surface area contributed by atoms with Crippen molar-refractivity contribution in [1.82, 2.24) is 4.98 Å². The Balaban J connectivity index is 1.82. The second-order valence-corrected chi connectivity index (χ2v) is 7.98. The summed E-state index contributed by atoms with van der Waals surface area (Å²) in [4.78, 5) is 16.4. The summed E-state index contributed by atoms with van der Waals surface area (Å²) >= 11 is 0. The van der Waals surface area contributed by atoms with Gasteiger partial charge in [-0.2, -0.15) is 13.5 Å². The maximum absolute atomic E-state index is 13.0. The molecule has 0 aliphatic rings. The Kier molecular flexibility index (Phi) is 5.28. The van der Waals surface area contributed by atoms with Gasteiger partial charge in [0.2, 0.25) is 5.78 Å². The Morgan fingerprint density at radius 1 is 0.903 bits per heavy atom. The maximum Gasteiger partial charge on any atom is 0.296 e. The van der Waals surface area contributed by atoms with Gasteiger partial charge in [0.15, 0.2) is 5.75 Å². The molecule has 0 fully saturated rings. The van der Waals surface area contributed by atoms with Crippen molar-refractivity contribution in [2.24, 2.45) is 10.2 Å². The molecule has 31 heavy (non-hydrogen) atoms. The average molecular weight is 433 g/mol. The average Bonchev–Trinajstić information content (AvgIpc) is 2.78. The van der Waals surface area contributed by atoms with Crippen LogP contribution in [0.25, 0.3) is 10.8 Å². The summed E-state index contributed by atoms with van der Waals surface area (Å²) in [5.74, 6) is -1.01. The minimum Gasteiger partial charge on any atom is -0.505 e. The van der Waals surface area contributed by atoms with Gasteiger partial charge in [0.05, 0.1) is 11.3 Å². The van der Waals surface area contributed by atoms with Crippen molar-refractivity contribution < 1.29 is 22.9 Å². The van der Waals surface area contributed by atoms with Crippen molar-refractivity contribution in [3.63, 3.8) is 0 Å². The summed E-state index contributed by atoms with van der Waals surface area (Å²) in [6.45, 7) is 0. The lowest BCUT2D eigenvalue weighted by Crippen LogP contribution is -2.06. The lowest BCUT2D eigenvalue weighted by molar-refractivity contribution is 0.103. The summed E-state index contributed by atoms with van der Waals surface area (Å²) in [5.41, 5.74) is 0.529. The fourth-order valence-corrected chi connectivity index (χ4v) is 3.43. The van der Waals surface area contributed by atoms with E-state index in [2.05, 4.69) is 15.2 Å². The molecule has 3 aromatic carbocycles. The van der Waals surface area contributed by atoms with Crippen LogP contribution in [0.4, 0.5) is 11.4 Å². The molecule has 0 spiro atoms. The number of fused-ring (bicyclic) bond motifs is 1. The van der Waals surface area contributed by atoms with E-state index in [1.54, 1.807) is 48.5 Å². The number of nitrogens with zero attached hydrogens (tertiary/aromatic N) is 3. The van der Waals surface area contributed by atoms with Crippen LogP contribution in [0.3, 0.4) is 0 Å². The summed E-state index contributed by atoms with van der Waals surface area (Å²) in [7, 11) is -4.44. The van der Waals surface area contributed by atoms with E-state index in [1.165, 1.54) is 6.07 Å². The van der Waals surface area contributed by atoms with E-state index >= 15 is 0 Å². The lowest BCUT2D eigenvalue weighted by Gasteiger charge is -2.10. The zero-order valence-electron chi connectivity index (χ0n) is 15.9. The van der Waals surface area contributed by atoms with E-state index in [-0.39, 0.29) is 22.7 Å². The fraction of sp³-hybridized carbons (Fsp3) is 0. The molecule has 4 aromatic rings. The molecule has 9 heteroatoms. The Labute approximate surface area is 177 Å². The Morgan fingerprint density at radius 3 is 2.29 bits per heavy atom. The molecule has 0 amide bonds. The second kappa shape index (κ2) is 8.05. The molecule has 0 saturated carbocycles. The molecule has 0 radical (unpaired) electrons. The van der Waals surface area contributed by atoms with Gasteiger partial charge >= 0.3 is 0 Å². The van der Waals surface area contributed by atoms with Crippen LogP contribution in [0.5, 0.6) is 5.75 Å². The van der Waals surface area contributed by atoms with E-state index in [4.69, 9.17) is 4.55 Å². The van der Waals surface area contributed by atoms with Gasteiger partial charge in [0.1, 0.15) is 16.3 Å². The van der Waals surface area contributed by atoms with Crippen molar-refractivity contribution in [2.75, 3.05) is 0 Å². The smallest absolute Gasteiger partial charge is 0.296 e. The van der Waals surface area contributed by atoms with Crippen LogP contribution in [0.1, 0.15) is 16.1 Å². The van der Waals surface area contributed by atoms with Gasteiger partial charge in [0.25, 0.3) is 10.1 Å². The van der Waals surface area contributed by atoms with E-state index < -0.39 is 20.8 Å². The van der Waals surface area contributed by atoms with Gasteiger partial charge in [0, 0.05) is 11.6 Å². The number of ketones is 1. The highest BCUT2D eigenvalue weighted by Gasteiger charge is 2.21. The number of hydrogen-bond donors (Lipinski definition) is 2. The van der Waals surface area contributed by atoms with Crippen LogP contribution in [-0.2, 0) is 10.1 Å². The third-order valence-corrected chi connectivity index (χ3v) is 5.37. The van der Waals surface area contributed by atoms with Crippen LogP contribution in [0.2, 0.25) is 0 Å². The number of carbonyl (C=O) groups is 1. The minimum atomic E-state index is -4.44. The molecule has 0 aliphatic heterocycles. The molecule has 154 valence electrons. The largest absolute Gasteiger partial charge is 0.505 e. The van der Waals surface area contributed by atoms with Gasteiger partial charge in [-0.15, -0.1) is 5.11 Å². The summed E-state index contributed by atoms with van der Waals surface area (Å²) < 4.78 is 31.4. The molecule has 1 aromatic heterocycles. The number of azo groups is 1. The first-order valence-corrected chi connectivity index (χ1v) is 10.5. The van der Waals surface area contributed by atoms with Crippen molar-refractivity contribution in [1.29, 1.82) is 0 Å². The fourth-order valence-electron chi connectivity index (χ4n) is 3.00. The lowest BCUT2D eigenvalue weighted by atomic mass is 9.99. The minimum absolute atomic E-state index is 0.0622. The number of aromatic nitrogens is 1. The van der Waals surface area contributed by atoms with E-state index in [1.807, 2.05) is 6.07 Å². The van der Waals surface area contributed by atoms with Crippen LogP contribution in [0.15, 0.2) is 94.1 Å². The van der Waals surface area contributed by atoms with Crippen LogP contribution in [0, 0.1) is 0 Å². The highest BCUT2D eigenvalue weighted by molar-refractivity contribution is 7.85. The topological polar surface area (TPSA) is 129 Å². The molecule has 0 bridgehead atoms. The zero-order chi connectivity index (χ0) is 22.0. The number of rotatable bonds is 5. The van der Waals surface area contributed by atoms with Crippen molar-refractivity contribution in [3.05, 3.63) is 90.3 Å². The molecule has 2 N–H and O–H groups in total. The standard InChI is InChI=1S/C22H15N3O5S/c26-21(19-11-10-16(13-23-19)31(28,29)30)18-12-14-6-4-5-9-17(14)20(22(18)27)25-24-15-7-2-1-3-8-15/h1-13,27H,(H,28,29,30)/b25-24+. The first kappa shape index (κ1) is 20.3. The van der Waals surface area contributed by atoms with Gasteiger partial charge in [-0.3, -0.25) is 14.3 Å². The van der Waals surface area contributed by atoms with Gasteiger partial charge in [-0.25, -0.2) is 0 Å². The number of carbonyl (C=O) groups excluding carboxylic acids is 1. The number of phenols is 1. The highest BCUT2D eigenvalue weighted by atomic mass is 32.2. The molecule has 4 rings (SSSR count). The molecule has 0 unspecified atom stereocenters. The first-order valence-electron chi connectivity index (χ1n) is 9.04. The number of hydrogen-bond acceptors (Lipinski definition) is 7. The molecule has 8 nitrogen and oxygen atoms in total. The third-order valence-electron chi connectivity index (χ3n) is 4.53. The quantitative estimate of drug-likeness (QED) is 0.263. The zero-order valence-corrected chi connectivity index (χ0v) is 16.7. The van der Waals surface area contributed by atoms with Crippen molar-refractivity contribution in [3.8, 4) is 5.75 Å². The first-order chi connectivity index (χ1) is 14.8. The second-order valence-electron chi connectivity index (χ2n) is 6.56. The number of pyridine rings is 1. The molecule has 1 heterocycles. The summed E-state index contributed by atoms with van der Waals surface area (Å²) in [5, 5.41) is 20.4. The maximum atomic E-state index is 13.0. The Bertz CT molecular complexity index is 1420. The van der Waals surface area contributed by atoms with Crippen LogP contribution >= 0.6 is 0 Å². The van der Waals surface area contributed by atoms with Crippen LogP contribution < -0.4 is 0 Å². The van der Waals surface area contributed by atoms with E-state index in [0.717, 1.165) is 18.3 Å². The van der Waals surface area contributed by atoms with Gasteiger partial charge in [-0.1, -0.05) is 42.5 Å². The Hall–Kier alpha value is -3.95. The number of phenolic OH excluding ortho intramolecular Hbond substituents is 1. The number of aromatic hydroxyl groups is 1. The summed E-state index contributed by atoms with van der Waals surface area (Å²) in [6, 6.07) is 19.7. The highest BCUT2D eigenvalue weighted by Crippen LogP contribution is 2.40. The van der Waals surface area contributed by atoms with Crippen molar-refractivity contribution in [2.45, 2.75) is 4.90 Å². The summed E-state index contributed by atoms with van der Waals surface area (Å²) in [6.07, 6.45) is 0.872. The van der Waals surface area contributed by atoms with Crippen molar-refractivity contribution >= 4 is 38.0 Å². The number of benzene rings is 3. The van der Waals surface area contributed by atoms with E-state index in [9.17, 15) is 18.3 Å². The molecule has 0 aliphatic carbocycles. The normalized spacial score (nSPS) is 11.8. The molecular weight excluding hydrogens is 418 g/mol. The third kappa shape index (κ3) is 4.18. The Morgan fingerprint density at radius 2 is 1.61 bits per heavy atom.